The lowest BCUT2D eigenvalue weighted by molar-refractivity contribution is -0.133. The number of rotatable bonds is 6. The second kappa shape index (κ2) is 9.56. The Balaban J connectivity index is 1.60. The zero-order valence-electron chi connectivity index (χ0n) is 17.0. The Hall–Kier alpha value is -2.86. The Morgan fingerprint density at radius 3 is 2.28 bits per heavy atom. The maximum Gasteiger partial charge on any atom is 0.315 e. The number of benzene rings is 2. The lowest BCUT2D eigenvalue weighted by Crippen LogP contribution is -2.53. The molecule has 0 radical (unpaired) electrons. The summed E-state index contributed by atoms with van der Waals surface area (Å²) in [4.78, 5) is 27.3. The van der Waals surface area contributed by atoms with Gasteiger partial charge in [0.05, 0.1) is 0 Å². The minimum Gasteiger partial charge on any atom is -0.339 e. The first-order valence-corrected chi connectivity index (χ1v) is 10.1. The molecule has 0 aliphatic carbocycles. The highest BCUT2D eigenvalue weighted by Gasteiger charge is 2.37. The van der Waals surface area contributed by atoms with Gasteiger partial charge in [-0.3, -0.25) is 4.79 Å². The maximum absolute atomic E-state index is 13.1. The van der Waals surface area contributed by atoms with Crippen LogP contribution in [0.3, 0.4) is 0 Å². The third-order valence-electron chi connectivity index (χ3n) is 5.42. The lowest BCUT2D eigenvalue weighted by atomic mass is 9.95. The average Bonchev–Trinajstić information content (AvgIpc) is 3.13. The number of nitrogens with zero attached hydrogens (tertiary/aromatic N) is 1. The van der Waals surface area contributed by atoms with E-state index in [1.807, 2.05) is 74.5 Å². The summed E-state index contributed by atoms with van der Waals surface area (Å²) >= 11 is 0. The van der Waals surface area contributed by atoms with Crippen LogP contribution in [0.5, 0.6) is 0 Å². The number of carbonyl (C=O) groups is 2. The van der Waals surface area contributed by atoms with E-state index in [4.69, 9.17) is 5.73 Å². The van der Waals surface area contributed by atoms with Gasteiger partial charge in [-0.05, 0) is 17.0 Å². The molecule has 2 aromatic rings. The standard InChI is InChI=1S/C23H30N4O2/c1-16(2)21(26-23(29)25-13-17-9-5-3-6-10-17)22(28)27-14-19(20(24)15-27)18-11-7-4-8-12-18/h3-12,16,19-21H,13-15,24H2,1-2H3,(H2,25,26,29)/t19-,20+,21?/m0/s1. The second-order valence-electron chi connectivity index (χ2n) is 7.96. The molecular formula is C23H30N4O2. The molecule has 2 aromatic carbocycles. The van der Waals surface area contributed by atoms with Crippen molar-refractivity contribution in [1.82, 2.24) is 15.5 Å². The van der Waals surface area contributed by atoms with Gasteiger partial charge in [0.15, 0.2) is 0 Å². The quantitative estimate of drug-likeness (QED) is 0.703. The summed E-state index contributed by atoms with van der Waals surface area (Å²) in [5.41, 5.74) is 8.48. The van der Waals surface area contributed by atoms with Crippen molar-refractivity contribution in [1.29, 1.82) is 0 Å². The zero-order chi connectivity index (χ0) is 20.8. The topological polar surface area (TPSA) is 87.5 Å². The van der Waals surface area contributed by atoms with Crippen molar-refractivity contribution in [2.45, 2.75) is 38.4 Å². The van der Waals surface area contributed by atoms with Crippen LogP contribution in [0.15, 0.2) is 60.7 Å². The first-order valence-electron chi connectivity index (χ1n) is 10.1. The Morgan fingerprint density at radius 1 is 1.03 bits per heavy atom. The molecule has 1 saturated heterocycles. The predicted octanol–water partition coefficient (Wildman–Crippen LogP) is 2.46. The van der Waals surface area contributed by atoms with E-state index in [0.29, 0.717) is 19.6 Å². The number of amides is 3. The van der Waals surface area contributed by atoms with Crippen LogP contribution >= 0.6 is 0 Å². The molecule has 3 amide bonds. The van der Waals surface area contributed by atoms with Gasteiger partial charge in [0, 0.05) is 31.6 Å². The number of nitrogens with one attached hydrogen (secondary N) is 2. The molecule has 1 heterocycles. The van der Waals surface area contributed by atoms with Crippen LogP contribution in [-0.4, -0.2) is 42.0 Å². The second-order valence-corrected chi connectivity index (χ2v) is 7.96. The summed E-state index contributed by atoms with van der Waals surface area (Å²) < 4.78 is 0. The van der Waals surface area contributed by atoms with E-state index >= 15 is 0 Å². The number of hydrogen-bond acceptors (Lipinski definition) is 3. The van der Waals surface area contributed by atoms with Gasteiger partial charge in [0.2, 0.25) is 5.91 Å². The van der Waals surface area contributed by atoms with Gasteiger partial charge >= 0.3 is 6.03 Å². The van der Waals surface area contributed by atoms with Gasteiger partial charge < -0.3 is 21.3 Å². The van der Waals surface area contributed by atoms with Gasteiger partial charge in [0.25, 0.3) is 0 Å². The fraction of sp³-hybridized carbons (Fsp3) is 0.391. The van der Waals surface area contributed by atoms with E-state index in [0.717, 1.165) is 11.1 Å². The molecule has 4 N–H and O–H groups in total. The molecule has 0 bridgehead atoms. The Kier molecular flexibility index (Phi) is 6.88. The summed E-state index contributed by atoms with van der Waals surface area (Å²) in [6.07, 6.45) is 0. The number of nitrogens with two attached hydrogens (primary N) is 1. The SMILES string of the molecule is CC(C)C(NC(=O)NCc1ccccc1)C(=O)N1C[C@@H](N)[C@H](c2ccccc2)C1. The summed E-state index contributed by atoms with van der Waals surface area (Å²) in [6, 6.07) is 18.7. The van der Waals surface area contributed by atoms with Crippen LogP contribution in [0.25, 0.3) is 0 Å². The Bertz CT molecular complexity index is 810. The van der Waals surface area contributed by atoms with E-state index in [2.05, 4.69) is 10.6 Å². The molecule has 0 saturated carbocycles. The molecule has 154 valence electrons. The minimum atomic E-state index is -0.590. The summed E-state index contributed by atoms with van der Waals surface area (Å²) in [6.45, 7) is 5.35. The van der Waals surface area contributed by atoms with E-state index in [1.54, 1.807) is 4.90 Å². The molecule has 3 rings (SSSR count). The van der Waals surface area contributed by atoms with Gasteiger partial charge in [-0.15, -0.1) is 0 Å². The Morgan fingerprint density at radius 2 is 1.66 bits per heavy atom. The van der Waals surface area contributed by atoms with E-state index in [9.17, 15) is 9.59 Å². The first-order chi connectivity index (χ1) is 14.0. The van der Waals surface area contributed by atoms with Crippen molar-refractivity contribution in [2.24, 2.45) is 11.7 Å². The molecule has 1 aliphatic heterocycles. The molecule has 1 unspecified atom stereocenters. The molecular weight excluding hydrogens is 364 g/mol. The fourth-order valence-corrected chi connectivity index (χ4v) is 3.74. The van der Waals surface area contributed by atoms with Gasteiger partial charge in [-0.2, -0.15) is 0 Å². The number of hydrogen-bond donors (Lipinski definition) is 3. The molecule has 6 nitrogen and oxygen atoms in total. The van der Waals surface area contributed by atoms with Crippen molar-refractivity contribution in [3.05, 3.63) is 71.8 Å². The smallest absolute Gasteiger partial charge is 0.315 e. The summed E-state index contributed by atoms with van der Waals surface area (Å²) in [7, 11) is 0. The lowest BCUT2D eigenvalue weighted by Gasteiger charge is -2.27. The van der Waals surface area contributed by atoms with Crippen molar-refractivity contribution in [2.75, 3.05) is 13.1 Å². The van der Waals surface area contributed by atoms with Crippen molar-refractivity contribution >= 4 is 11.9 Å². The minimum absolute atomic E-state index is 0.0306. The molecule has 3 atom stereocenters. The van der Waals surface area contributed by atoms with Crippen molar-refractivity contribution in [3.63, 3.8) is 0 Å². The highest BCUT2D eigenvalue weighted by molar-refractivity contribution is 5.87. The Labute approximate surface area is 172 Å². The van der Waals surface area contributed by atoms with Gasteiger partial charge in [-0.1, -0.05) is 74.5 Å². The van der Waals surface area contributed by atoms with Crippen LogP contribution in [0.4, 0.5) is 4.79 Å². The molecule has 1 aliphatic rings. The third-order valence-corrected chi connectivity index (χ3v) is 5.42. The highest BCUT2D eigenvalue weighted by atomic mass is 16.2. The third kappa shape index (κ3) is 5.35. The monoisotopic (exact) mass is 394 g/mol. The van der Waals surface area contributed by atoms with E-state index in [1.165, 1.54) is 0 Å². The zero-order valence-corrected chi connectivity index (χ0v) is 17.0. The highest BCUT2D eigenvalue weighted by Crippen LogP contribution is 2.27. The van der Waals surface area contributed by atoms with E-state index < -0.39 is 6.04 Å². The number of urea groups is 1. The summed E-state index contributed by atoms with van der Waals surface area (Å²) in [5, 5.41) is 5.68. The van der Waals surface area contributed by atoms with E-state index in [-0.39, 0.29) is 29.8 Å². The van der Waals surface area contributed by atoms with Crippen LogP contribution in [-0.2, 0) is 11.3 Å². The first kappa shape index (κ1) is 20.9. The summed E-state index contributed by atoms with van der Waals surface area (Å²) in [5.74, 6) is 0.000543. The predicted molar refractivity (Wildman–Crippen MR) is 114 cm³/mol. The largest absolute Gasteiger partial charge is 0.339 e. The van der Waals surface area contributed by atoms with Crippen LogP contribution in [0.2, 0.25) is 0 Å². The van der Waals surface area contributed by atoms with Gasteiger partial charge in [0.1, 0.15) is 6.04 Å². The number of carbonyl (C=O) groups excluding carboxylic acids is 2. The van der Waals surface area contributed by atoms with Crippen LogP contribution < -0.4 is 16.4 Å². The molecule has 1 fully saturated rings. The van der Waals surface area contributed by atoms with Crippen molar-refractivity contribution < 1.29 is 9.59 Å². The maximum atomic E-state index is 13.1. The molecule has 0 spiro atoms. The fourth-order valence-electron chi connectivity index (χ4n) is 3.74. The van der Waals surface area contributed by atoms with Crippen LogP contribution in [0, 0.1) is 5.92 Å². The molecule has 6 heteroatoms. The van der Waals surface area contributed by atoms with Gasteiger partial charge in [-0.25, -0.2) is 4.79 Å². The molecule has 0 aromatic heterocycles. The number of likely N-dealkylation sites (tertiary alicyclic amines) is 1. The molecule has 29 heavy (non-hydrogen) atoms. The average molecular weight is 395 g/mol. The van der Waals surface area contributed by atoms with Crippen molar-refractivity contribution in [3.8, 4) is 0 Å². The normalized spacial score (nSPS) is 19.8. The van der Waals surface area contributed by atoms with Crippen LogP contribution in [0.1, 0.15) is 30.9 Å².